The molecular weight excluding hydrogens is 462 g/mol. The molecule has 3 aliphatic heterocycles. The summed E-state index contributed by atoms with van der Waals surface area (Å²) >= 11 is 1.25. The Morgan fingerprint density at radius 1 is 1.13 bits per heavy atom. The summed E-state index contributed by atoms with van der Waals surface area (Å²) in [6.07, 6.45) is 0. The van der Waals surface area contributed by atoms with Crippen molar-refractivity contribution in [2.24, 2.45) is 4.40 Å². The Bertz CT molecular complexity index is 1120. The summed E-state index contributed by atoms with van der Waals surface area (Å²) in [5.41, 5.74) is 1.35. The van der Waals surface area contributed by atoms with E-state index in [0.717, 1.165) is 10.6 Å². The molecule has 0 N–H and O–H groups in total. The third-order valence-electron chi connectivity index (χ3n) is 5.60. The summed E-state index contributed by atoms with van der Waals surface area (Å²) in [6.45, 7) is 5.93. The van der Waals surface area contributed by atoms with Gasteiger partial charge in [0.05, 0.1) is 11.4 Å². The number of nitrogens with zero attached hydrogens (tertiary/aromatic N) is 5. The number of amidine groups is 1. The van der Waals surface area contributed by atoms with Crippen LogP contribution < -0.4 is 4.90 Å². The molecule has 0 atom stereocenters. The van der Waals surface area contributed by atoms with E-state index in [2.05, 4.69) is 4.40 Å². The quantitative estimate of drug-likeness (QED) is 0.599. The molecule has 13 heteroatoms. The van der Waals surface area contributed by atoms with Gasteiger partial charge < -0.3 is 9.80 Å². The standard InChI is InChI=1S/C18H25N5O5S3/c1-3-21(4-2)31(27,28)22-9-7-20(8-10-22)17(24)14-5-6-15-16(13-14)29-18-19-30(25,26)12-11-23(15)18/h5-6,13H,3-4,7-12H2,1-2H3. The average Bonchev–Trinajstić information content (AvgIpc) is 3.09. The molecule has 0 aromatic heterocycles. The fourth-order valence-electron chi connectivity index (χ4n) is 3.88. The maximum absolute atomic E-state index is 13.0. The minimum Gasteiger partial charge on any atom is -0.336 e. The molecular formula is C18H25N5O5S3. The Morgan fingerprint density at radius 3 is 2.45 bits per heavy atom. The molecule has 0 bridgehead atoms. The SMILES string of the molecule is CCN(CC)S(=O)(=O)N1CCN(C(=O)c2ccc3c(c2)SC2=NS(=O)(=O)CCN23)CC1. The Labute approximate surface area is 187 Å². The van der Waals surface area contributed by atoms with E-state index in [-0.39, 0.29) is 24.7 Å². The Kier molecular flexibility index (Phi) is 6.07. The Hall–Kier alpha value is -1.67. The van der Waals surface area contributed by atoms with Crippen LogP contribution in [0.1, 0.15) is 24.2 Å². The van der Waals surface area contributed by atoms with Crippen molar-refractivity contribution >= 4 is 48.8 Å². The number of sulfonamides is 1. The molecule has 31 heavy (non-hydrogen) atoms. The minimum absolute atomic E-state index is 0.0299. The summed E-state index contributed by atoms with van der Waals surface area (Å²) in [7, 11) is -6.94. The molecule has 1 saturated heterocycles. The number of carbonyl (C=O) groups excluding carboxylic acids is 1. The summed E-state index contributed by atoms with van der Waals surface area (Å²) in [4.78, 5) is 17.3. The lowest BCUT2D eigenvalue weighted by molar-refractivity contribution is 0.0694. The van der Waals surface area contributed by atoms with Crippen molar-refractivity contribution in [3.8, 4) is 0 Å². The fourth-order valence-corrected chi connectivity index (χ4v) is 7.78. The lowest BCUT2D eigenvalue weighted by Crippen LogP contribution is -2.54. The second-order valence-corrected chi connectivity index (χ2v) is 12.1. The number of carbonyl (C=O) groups is 1. The molecule has 170 valence electrons. The van der Waals surface area contributed by atoms with Gasteiger partial charge in [0.2, 0.25) is 0 Å². The van der Waals surface area contributed by atoms with Gasteiger partial charge in [-0.3, -0.25) is 4.79 Å². The van der Waals surface area contributed by atoms with Crippen LogP contribution in [0.25, 0.3) is 0 Å². The molecule has 3 aliphatic rings. The van der Waals surface area contributed by atoms with Crippen LogP contribution in [0.5, 0.6) is 0 Å². The first-order valence-electron chi connectivity index (χ1n) is 10.1. The number of amides is 1. The lowest BCUT2D eigenvalue weighted by Gasteiger charge is -2.36. The molecule has 4 rings (SSSR count). The average molecular weight is 488 g/mol. The van der Waals surface area contributed by atoms with Crippen molar-refractivity contribution in [3.63, 3.8) is 0 Å². The second kappa shape index (κ2) is 8.35. The topological polar surface area (TPSA) is 111 Å². The van der Waals surface area contributed by atoms with Gasteiger partial charge in [0.1, 0.15) is 0 Å². The van der Waals surface area contributed by atoms with Gasteiger partial charge in [-0.25, -0.2) is 8.42 Å². The summed E-state index contributed by atoms with van der Waals surface area (Å²) < 4.78 is 55.6. The molecule has 3 heterocycles. The molecule has 0 radical (unpaired) electrons. The zero-order valence-corrected chi connectivity index (χ0v) is 19.8. The van der Waals surface area contributed by atoms with E-state index >= 15 is 0 Å². The van der Waals surface area contributed by atoms with Crippen LogP contribution in [0.15, 0.2) is 27.5 Å². The zero-order chi connectivity index (χ0) is 22.4. The molecule has 1 amide bonds. The number of piperazine rings is 1. The summed E-state index contributed by atoms with van der Waals surface area (Å²) in [5.74, 6) is -0.194. The second-order valence-electron chi connectivity index (χ2n) is 7.38. The number of fused-ring (bicyclic) bond motifs is 3. The highest BCUT2D eigenvalue weighted by Crippen LogP contribution is 2.42. The molecule has 0 aliphatic carbocycles. The highest BCUT2D eigenvalue weighted by atomic mass is 32.2. The van der Waals surface area contributed by atoms with Crippen molar-refractivity contribution in [3.05, 3.63) is 23.8 Å². The molecule has 10 nitrogen and oxygen atoms in total. The van der Waals surface area contributed by atoms with Gasteiger partial charge in [-0.05, 0) is 30.0 Å². The van der Waals surface area contributed by atoms with Gasteiger partial charge in [-0.2, -0.15) is 17.0 Å². The zero-order valence-electron chi connectivity index (χ0n) is 17.4. The van der Waals surface area contributed by atoms with Gasteiger partial charge >= 0.3 is 0 Å². The predicted molar refractivity (Wildman–Crippen MR) is 120 cm³/mol. The van der Waals surface area contributed by atoms with Crippen molar-refractivity contribution in [2.75, 3.05) is 56.5 Å². The van der Waals surface area contributed by atoms with Crippen molar-refractivity contribution in [1.82, 2.24) is 13.5 Å². The van der Waals surface area contributed by atoms with Crippen LogP contribution in [0, 0.1) is 0 Å². The summed E-state index contributed by atoms with van der Waals surface area (Å²) in [6, 6.07) is 5.30. The first-order valence-corrected chi connectivity index (χ1v) is 13.9. The Morgan fingerprint density at radius 2 is 1.81 bits per heavy atom. The monoisotopic (exact) mass is 487 g/mol. The van der Waals surface area contributed by atoms with Crippen LogP contribution in [0.2, 0.25) is 0 Å². The maximum atomic E-state index is 13.0. The van der Waals surface area contributed by atoms with Gasteiger partial charge in [0.25, 0.3) is 26.1 Å². The van der Waals surface area contributed by atoms with E-state index in [1.807, 2.05) is 11.0 Å². The highest BCUT2D eigenvalue weighted by Gasteiger charge is 2.35. The molecule has 1 aromatic carbocycles. The third kappa shape index (κ3) is 4.21. The van der Waals surface area contributed by atoms with E-state index in [1.165, 1.54) is 20.4 Å². The number of hydrogen-bond acceptors (Lipinski definition) is 7. The van der Waals surface area contributed by atoms with Crippen LogP contribution in [0.4, 0.5) is 5.69 Å². The number of hydrogen-bond donors (Lipinski definition) is 0. The highest BCUT2D eigenvalue weighted by molar-refractivity contribution is 8.15. The molecule has 1 fully saturated rings. The molecule has 1 aromatic rings. The van der Waals surface area contributed by atoms with E-state index in [1.54, 1.807) is 30.9 Å². The Balaban J connectivity index is 1.46. The van der Waals surface area contributed by atoms with E-state index in [0.29, 0.717) is 43.5 Å². The van der Waals surface area contributed by atoms with Crippen LogP contribution in [-0.4, -0.2) is 93.0 Å². The van der Waals surface area contributed by atoms with Crippen LogP contribution >= 0.6 is 11.8 Å². The number of thioether (sulfide) groups is 1. The largest absolute Gasteiger partial charge is 0.336 e. The first-order chi connectivity index (χ1) is 14.7. The van der Waals surface area contributed by atoms with Crippen molar-refractivity contribution in [2.45, 2.75) is 18.7 Å². The normalized spacial score (nSPS) is 21.1. The molecule has 0 unspecified atom stereocenters. The van der Waals surface area contributed by atoms with Crippen LogP contribution in [0.3, 0.4) is 0 Å². The number of anilines is 1. The van der Waals surface area contributed by atoms with E-state index < -0.39 is 20.2 Å². The number of benzene rings is 1. The minimum atomic E-state index is -3.51. The van der Waals surface area contributed by atoms with E-state index in [4.69, 9.17) is 0 Å². The smallest absolute Gasteiger partial charge is 0.282 e. The third-order valence-corrected chi connectivity index (χ3v) is 10.1. The molecule has 0 spiro atoms. The maximum Gasteiger partial charge on any atom is 0.282 e. The predicted octanol–water partition coefficient (Wildman–Crippen LogP) is 0.643. The fraction of sp³-hybridized carbons (Fsp3) is 0.556. The number of rotatable bonds is 5. The van der Waals surface area contributed by atoms with Crippen LogP contribution in [-0.2, 0) is 20.2 Å². The van der Waals surface area contributed by atoms with Gasteiger partial charge in [-0.1, -0.05) is 13.8 Å². The first kappa shape index (κ1) is 22.5. The van der Waals surface area contributed by atoms with Gasteiger partial charge in [-0.15, -0.1) is 4.40 Å². The van der Waals surface area contributed by atoms with Gasteiger partial charge in [0, 0.05) is 56.3 Å². The summed E-state index contributed by atoms with van der Waals surface area (Å²) in [5, 5.41) is 0.418. The molecule has 0 saturated carbocycles. The van der Waals surface area contributed by atoms with Crippen molar-refractivity contribution < 1.29 is 21.6 Å². The van der Waals surface area contributed by atoms with Gasteiger partial charge in [0.15, 0.2) is 5.17 Å². The lowest BCUT2D eigenvalue weighted by atomic mass is 10.1. The van der Waals surface area contributed by atoms with E-state index in [9.17, 15) is 21.6 Å². The van der Waals surface area contributed by atoms with Crippen molar-refractivity contribution in [1.29, 1.82) is 0 Å².